The Morgan fingerprint density at radius 3 is 2.00 bits per heavy atom. The standard InChI is InChI=1S/C17H22N2O/c1-12(2)13-3-5-15(6-4-13)17(20)16(11-18)14-7-9-19-10-8-14/h3-10,12,16-17,20H,11,18H2,1-2H3. The summed E-state index contributed by atoms with van der Waals surface area (Å²) in [5, 5.41) is 10.6. The Morgan fingerprint density at radius 2 is 1.50 bits per heavy atom. The Hall–Kier alpha value is -1.71. The molecule has 106 valence electrons. The number of hydrogen-bond donors (Lipinski definition) is 2. The Balaban J connectivity index is 2.22. The van der Waals surface area contributed by atoms with E-state index in [1.54, 1.807) is 12.4 Å². The second kappa shape index (κ2) is 6.64. The summed E-state index contributed by atoms with van der Waals surface area (Å²) in [7, 11) is 0. The zero-order valence-corrected chi connectivity index (χ0v) is 12.0. The van der Waals surface area contributed by atoms with Crippen molar-refractivity contribution in [1.82, 2.24) is 4.98 Å². The number of hydrogen-bond acceptors (Lipinski definition) is 3. The van der Waals surface area contributed by atoms with Crippen molar-refractivity contribution in [2.45, 2.75) is 31.8 Å². The first-order valence-electron chi connectivity index (χ1n) is 7.01. The number of nitrogens with two attached hydrogens (primary N) is 1. The molecular formula is C17H22N2O. The van der Waals surface area contributed by atoms with Gasteiger partial charge >= 0.3 is 0 Å². The van der Waals surface area contributed by atoms with E-state index in [0.717, 1.165) is 11.1 Å². The Morgan fingerprint density at radius 1 is 0.950 bits per heavy atom. The van der Waals surface area contributed by atoms with E-state index >= 15 is 0 Å². The second-order valence-corrected chi connectivity index (χ2v) is 5.39. The highest BCUT2D eigenvalue weighted by atomic mass is 16.3. The molecule has 0 saturated heterocycles. The van der Waals surface area contributed by atoms with Crippen LogP contribution >= 0.6 is 0 Å². The first-order chi connectivity index (χ1) is 9.63. The molecule has 0 fully saturated rings. The van der Waals surface area contributed by atoms with Crippen molar-refractivity contribution in [3.05, 3.63) is 65.5 Å². The van der Waals surface area contributed by atoms with E-state index in [1.807, 2.05) is 24.3 Å². The van der Waals surface area contributed by atoms with Gasteiger partial charge in [0.05, 0.1) is 6.10 Å². The van der Waals surface area contributed by atoms with E-state index in [1.165, 1.54) is 5.56 Å². The molecule has 0 aliphatic carbocycles. The fourth-order valence-corrected chi connectivity index (χ4v) is 2.37. The van der Waals surface area contributed by atoms with Crippen molar-refractivity contribution in [3.63, 3.8) is 0 Å². The van der Waals surface area contributed by atoms with Crippen molar-refractivity contribution in [2.24, 2.45) is 5.73 Å². The van der Waals surface area contributed by atoms with Crippen LogP contribution in [0.3, 0.4) is 0 Å². The molecule has 1 aromatic heterocycles. The van der Waals surface area contributed by atoms with Crippen molar-refractivity contribution < 1.29 is 5.11 Å². The lowest BCUT2D eigenvalue weighted by Crippen LogP contribution is -2.20. The summed E-state index contributed by atoms with van der Waals surface area (Å²) < 4.78 is 0. The van der Waals surface area contributed by atoms with Crippen molar-refractivity contribution in [3.8, 4) is 0 Å². The van der Waals surface area contributed by atoms with Gasteiger partial charge in [0.1, 0.15) is 0 Å². The third kappa shape index (κ3) is 3.24. The lowest BCUT2D eigenvalue weighted by Gasteiger charge is -2.22. The molecule has 20 heavy (non-hydrogen) atoms. The molecule has 2 aromatic rings. The van der Waals surface area contributed by atoms with Gasteiger partial charge in [-0.25, -0.2) is 0 Å². The Bertz CT molecular complexity index is 522. The molecule has 1 heterocycles. The molecule has 3 heteroatoms. The third-order valence-electron chi connectivity index (χ3n) is 3.71. The van der Waals surface area contributed by atoms with E-state index in [4.69, 9.17) is 5.73 Å². The van der Waals surface area contributed by atoms with E-state index in [0.29, 0.717) is 12.5 Å². The molecule has 1 aromatic carbocycles. The monoisotopic (exact) mass is 270 g/mol. The average Bonchev–Trinajstić information content (AvgIpc) is 2.49. The van der Waals surface area contributed by atoms with Crippen LogP contribution in [-0.4, -0.2) is 16.6 Å². The largest absolute Gasteiger partial charge is 0.388 e. The minimum atomic E-state index is -0.594. The number of benzene rings is 1. The van der Waals surface area contributed by atoms with Crippen LogP contribution in [0.5, 0.6) is 0 Å². The van der Waals surface area contributed by atoms with Crippen LogP contribution in [0.4, 0.5) is 0 Å². The molecule has 0 amide bonds. The number of aliphatic hydroxyl groups excluding tert-OH is 1. The summed E-state index contributed by atoms with van der Waals surface area (Å²) >= 11 is 0. The highest BCUT2D eigenvalue weighted by Gasteiger charge is 2.21. The molecule has 2 atom stereocenters. The molecule has 0 radical (unpaired) electrons. The molecule has 3 N–H and O–H groups in total. The van der Waals surface area contributed by atoms with Crippen molar-refractivity contribution >= 4 is 0 Å². The predicted molar refractivity (Wildman–Crippen MR) is 81.5 cm³/mol. The first-order valence-corrected chi connectivity index (χ1v) is 7.01. The van der Waals surface area contributed by atoms with Crippen LogP contribution in [0.1, 0.15) is 48.5 Å². The molecule has 0 spiro atoms. The van der Waals surface area contributed by atoms with Crippen molar-refractivity contribution in [1.29, 1.82) is 0 Å². The number of nitrogens with zero attached hydrogens (tertiary/aromatic N) is 1. The van der Waals surface area contributed by atoms with Crippen LogP contribution in [-0.2, 0) is 0 Å². The molecule has 0 saturated carbocycles. The molecule has 0 aliphatic heterocycles. The maximum absolute atomic E-state index is 10.6. The maximum atomic E-state index is 10.6. The highest BCUT2D eigenvalue weighted by molar-refractivity contribution is 5.29. The van der Waals surface area contributed by atoms with E-state index in [9.17, 15) is 5.11 Å². The summed E-state index contributed by atoms with van der Waals surface area (Å²) in [5.74, 6) is 0.384. The molecule has 2 rings (SSSR count). The maximum Gasteiger partial charge on any atom is 0.0870 e. The van der Waals surface area contributed by atoms with Crippen LogP contribution in [0.2, 0.25) is 0 Å². The Labute approximate surface area is 120 Å². The summed E-state index contributed by atoms with van der Waals surface area (Å²) in [4.78, 5) is 4.00. The van der Waals surface area contributed by atoms with Crippen LogP contribution in [0.15, 0.2) is 48.8 Å². The topological polar surface area (TPSA) is 59.1 Å². The summed E-state index contributed by atoms with van der Waals surface area (Å²) in [6, 6.07) is 11.9. The molecule has 0 aliphatic rings. The van der Waals surface area contributed by atoms with Gasteiger partial charge in [0, 0.05) is 24.9 Å². The van der Waals surface area contributed by atoms with Gasteiger partial charge in [-0.3, -0.25) is 4.98 Å². The zero-order valence-electron chi connectivity index (χ0n) is 12.0. The highest BCUT2D eigenvalue weighted by Crippen LogP contribution is 2.30. The number of pyridine rings is 1. The lowest BCUT2D eigenvalue weighted by molar-refractivity contribution is 0.147. The molecule has 3 nitrogen and oxygen atoms in total. The molecule has 0 bridgehead atoms. The van der Waals surface area contributed by atoms with Gasteiger partial charge < -0.3 is 10.8 Å². The number of aromatic nitrogens is 1. The first kappa shape index (κ1) is 14.7. The van der Waals surface area contributed by atoms with Gasteiger partial charge in [0.15, 0.2) is 0 Å². The van der Waals surface area contributed by atoms with Gasteiger partial charge in [-0.2, -0.15) is 0 Å². The van der Waals surface area contributed by atoms with Gasteiger partial charge in [0.2, 0.25) is 0 Å². The average molecular weight is 270 g/mol. The van der Waals surface area contributed by atoms with Crippen molar-refractivity contribution in [2.75, 3.05) is 6.54 Å². The predicted octanol–water partition coefficient (Wildman–Crippen LogP) is 2.98. The summed E-state index contributed by atoms with van der Waals surface area (Å²) in [6.07, 6.45) is 2.86. The van der Waals surface area contributed by atoms with Gasteiger partial charge in [-0.05, 0) is 34.7 Å². The SMILES string of the molecule is CC(C)c1ccc(C(O)C(CN)c2ccncc2)cc1. The fraction of sp³-hybridized carbons (Fsp3) is 0.353. The molecular weight excluding hydrogens is 248 g/mol. The third-order valence-corrected chi connectivity index (χ3v) is 3.71. The van der Waals surface area contributed by atoms with E-state index in [2.05, 4.69) is 31.0 Å². The fourth-order valence-electron chi connectivity index (χ4n) is 2.37. The van der Waals surface area contributed by atoms with E-state index < -0.39 is 6.10 Å². The van der Waals surface area contributed by atoms with Gasteiger partial charge in [-0.1, -0.05) is 38.1 Å². The minimum Gasteiger partial charge on any atom is -0.388 e. The normalized spacial score (nSPS) is 14.2. The minimum absolute atomic E-state index is 0.108. The number of aliphatic hydroxyl groups is 1. The van der Waals surface area contributed by atoms with Gasteiger partial charge in [-0.15, -0.1) is 0 Å². The quantitative estimate of drug-likeness (QED) is 0.878. The summed E-state index contributed by atoms with van der Waals surface area (Å²) in [5.41, 5.74) is 9.03. The zero-order chi connectivity index (χ0) is 14.5. The van der Waals surface area contributed by atoms with Crippen LogP contribution in [0, 0.1) is 0 Å². The van der Waals surface area contributed by atoms with E-state index in [-0.39, 0.29) is 5.92 Å². The summed E-state index contributed by atoms with van der Waals surface area (Å²) in [6.45, 7) is 4.72. The molecule has 2 unspecified atom stereocenters. The van der Waals surface area contributed by atoms with Crippen LogP contribution in [0.25, 0.3) is 0 Å². The smallest absolute Gasteiger partial charge is 0.0870 e. The second-order valence-electron chi connectivity index (χ2n) is 5.39. The number of rotatable bonds is 5. The van der Waals surface area contributed by atoms with Crippen LogP contribution < -0.4 is 5.73 Å². The van der Waals surface area contributed by atoms with Gasteiger partial charge in [0.25, 0.3) is 0 Å². The Kier molecular flexibility index (Phi) is 4.88. The lowest BCUT2D eigenvalue weighted by atomic mass is 9.89.